The number of rotatable bonds is 5. The highest BCUT2D eigenvalue weighted by atomic mass is 19.1. The molecule has 0 bridgehead atoms. The fraction of sp³-hybridized carbons (Fsp3) is 0.938. The fourth-order valence-corrected chi connectivity index (χ4v) is 4.15. The van der Waals surface area contributed by atoms with Crippen molar-refractivity contribution < 1.29 is 9.18 Å². The van der Waals surface area contributed by atoms with Crippen molar-refractivity contribution in [3.05, 3.63) is 0 Å². The molecule has 4 nitrogen and oxygen atoms in total. The molecular weight excluding hydrogens is 269 g/mol. The first-order valence-corrected chi connectivity index (χ1v) is 8.46. The topological polar surface area (TPSA) is 58.4 Å². The van der Waals surface area contributed by atoms with Crippen LogP contribution in [0.3, 0.4) is 0 Å². The van der Waals surface area contributed by atoms with Gasteiger partial charge in [-0.15, -0.1) is 0 Å². The number of alkyl halides is 1. The second-order valence-electron chi connectivity index (χ2n) is 6.77. The minimum absolute atomic E-state index is 0.256. The van der Waals surface area contributed by atoms with Crippen LogP contribution in [0.4, 0.5) is 9.18 Å². The first kappa shape index (κ1) is 16.5. The Bertz CT molecular complexity index is 331. The van der Waals surface area contributed by atoms with Crippen molar-refractivity contribution in [2.24, 2.45) is 17.6 Å². The molecule has 0 aromatic rings. The van der Waals surface area contributed by atoms with Gasteiger partial charge in [-0.1, -0.05) is 0 Å². The Labute approximate surface area is 127 Å². The van der Waals surface area contributed by atoms with E-state index in [1.807, 2.05) is 11.9 Å². The Balaban J connectivity index is 1.97. The standard InChI is InChI=1S/C16H30FN3O/c1-19-11-13(10-12-5-7-14(17)8-6-12)15-4-2-3-9-20(15)16(18)21/h12-15,19H,2-11H2,1H3,(H2,18,21)/t12-,13-,14+,15?/m0/s1. The van der Waals surface area contributed by atoms with Crippen molar-refractivity contribution in [1.29, 1.82) is 0 Å². The number of carbonyl (C=O) groups is 1. The number of hydrogen-bond donors (Lipinski definition) is 2. The van der Waals surface area contributed by atoms with Crippen molar-refractivity contribution >= 4 is 6.03 Å². The summed E-state index contributed by atoms with van der Waals surface area (Å²) in [5.74, 6) is 1.04. The van der Waals surface area contributed by atoms with E-state index in [-0.39, 0.29) is 12.1 Å². The molecule has 0 radical (unpaired) electrons. The number of nitrogens with one attached hydrogen (secondary N) is 1. The summed E-state index contributed by atoms with van der Waals surface area (Å²) in [6, 6.07) is -0.0277. The second kappa shape index (κ2) is 7.97. The van der Waals surface area contributed by atoms with Gasteiger partial charge in [-0.25, -0.2) is 9.18 Å². The zero-order valence-corrected chi connectivity index (χ0v) is 13.2. The molecule has 0 spiro atoms. The maximum Gasteiger partial charge on any atom is 0.315 e. The average Bonchev–Trinajstić information content (AvgIpc) is 2.49. The number of piperidine rings is 1. The lowest BCUT2D eigenvalue weighted by Crippen LogP contribution is -2.52. The highest BCUT2D eigenvalue weighted by Crippen LogP contribution is 2.34. The summed E-state index contributed by atoms with van der Waals surface area (Å²) in [5, 5.41) is 3.27. The SMILES string of the molecule is CNC[C@H](C[C@H]1CC[C@@H](F)CC1)C1CCCCN1C(N)=O. The average molecular weight is 299 g/mol. The minimum atomic E-state index is -0.596. The van der Waals surface area contributed by atoms with Crippen LogP contribution < -0.4 is 11.1 Å². The van der Waals surface area contributed by atoms with Crippen LogP contribution >= 0.6 is 0 Å². The maximum absolute atomic E-state index is 13.3. The largest absolute Gasteiger partial charge is 0.351 e. The summed E-state index contributed by atoms with van der Waals surface area (Å²) < 4.78 is 13.3. The highest BCUT2D eigenvalue weighted by molar-refractivity contribution is 5.72. The van der Waals surface area contributed by atoms with Gasteiger partial charge in [0.25, 0.3) is 0 Å². The second-order valence-corrected chi connectivity index (χ2v) is 6.77. The zero-order chi connectivity index (χ0) is 15.2. The van der Waals surface area contributed by atoms with E-state index in [0.29, 0.717) is 24.7 Å². The highest BCUT2D eigenvalue weighted by Gasteiger charge is 2.33. The minimum Gasteiger partial charge on any atom is -0.351 e. The predicted octanol–water partition coefficient (Wildman–Crippen LogP) is 2.67. The predicted molar refractivity (Wildman–Crippen MR) is 82.8 cm³/mol. The molecule has 1 heterocycles. The number of amides is 2. The first-order chi connectivity index (χ1) is 10.1. The molecule has 122 valence electrons. The number of urea groups is 1. The van der Waals surface area contributed by atoms with Crippen LogP contribution in [0.1, 0.15) is 51.4 Å². The Morgan fingerprint density at radius 1 is 1.29 bits per heavy atom. The molecular formula is C16H30FN3O. The van der Waals surface area contributed by atoms with Gasteiger partial charge in [0.15, 0.2) is 0 Å². The van der Waals surface area contributed by atoms with Gasteiger partial charge >= 0.3 is 6.03 Å². The Morgan fingerprint density at radius 3 is 2.62 bits per heavy atom. The fourth-order valence-electron chi connectivity index (χ4n) is 4.15. The van der Waals surface area contributed by atoms with Gasteiger partial charge in [-0.3, -0.25) is 0 Å². The molecule has 2 amide bonds. The van der Waals surface area contributed by atoms with Crippen molar-refractivity contribution in [3.63, 3.8) is 0 Å². The number of nitrogens with two attached hydrogens (primary N) is 1. The van der Waals surface area contributed by atoms with Gasteiger partial charge in [0, 0.05) is 12.6 Å². The van der Waals surface area contributed by atoms with Gasteiger partial charge < -0.3 is 16.0 Å². The summed E-state index contributed by atoms with van der Waals surface area (Å²) in [7, 11) is 1.96. The summed E-state index contributed by atoms with van der Waals surface area (Å²) >= 11 is 0. The smallest absolute Gasteiger partial charge is 0.315 e. The lowest BCUT2D eigenvalue weighted by atomic mass is 9.78. The molecule has 2 rings (SSSR count). The van der Waals surface area contributed by atoms with Crippen LogP contribution in [-0.2, 0) is 0 Å². The van der Waals surface area contributed by atoms with Crippen LogP contribution in [0, 0.1) is 11.8 Å². The molecule has 2 atom stereocenters. The van der Waals surface area contributed by atoms with Gasteiger partial charge in [0.05, 0.1) is 0 Å². The third kappa shape index (κ3) is 4.56. The van der Waals surface area contributed by atoms with Gasteiger partial charge in [0.2, 0.25) is 0 Å². The number of nitrogens with zero attached hydrogens (tertiary/aromatic N) is 1. The number of primary amides is 1. The molecule has 1 saturated carbocycles. The third-order valence-electron chi connectivity index (χ3n) is 5.26. The Hall–Kier alpha value is -0.840. The molecule has 1 aliphatic carbocycles. The van der Waals surface area contributed by atoms with Crippen molar-refractivity contribution in [2.75, 3.05) is 20.1 Å². The molecule has 3 N–H and O–H groups in total. The van der Waals surface area contributed by atoms with Crippen molar-refractivity contribution in [2.45, 2.75) is 63.6 Å². The summed E-state index contributed by atoms with van der Waals surface area (Å²) in [5.41, 5.74) is 5.56. The molecule has 1 aliphatic heterocycles. The molecule has 2 aliphatic rings. The molecule has 1 saturated heterocycles. The van der Waals surface area contributed by atoms with E-state index < -0.39 is 6.17 Å². The molecule has 1 unspecified atom stereocenters. The quantitative estimate of drug-likeness (QED) is 0.820. The van der Waals surface area contributed by atoms with E-state index in [1.54, 1.807) is 0 Å². The third-order valence-corrected chi connectivity index (χ3v) is 5.26. The van der Waals surface area contributed by atoms with Crippen LogP contribution in [0.5, 0.6) is 0 Å². The molecule has 0 aromatic heterocycles. The van der Waals surface area contributed by atoms with E-state index in [0.717, 1.165) is 45.2 Å². The Morgan fingerprint density at radius 2 is 2.00 bits per heavy atom. The number of halogens is 1. The summed E-state index contributed by atoms with van der Waals surface area (Å²) in [6.45, 7) is 1.70. The van der Waals surface area contributed by atoms with Crippen molar-refractivity contribution in [1.82, 2.24) is 10.2 Å². The molecule has 2 fully saturated rings. The first-order valence-electron chi connectivity index (χ1n) is 8.46. The van der Waals surface area contributed by atoms with Crippen LogP contribution in [0.2, 0.25) is 0 Å². The lowest BCUT2D eigenvalue weighted by Gasteiger charge is -2.41. The van der Waals surface area contributed by atoms with Crippen molar-refractivity contribution in [3.8, 4) is 0 Å². The zero-order valence-electron chi connectivity index (χ0n) is 13.2. The normalized spacial score (nSPS) is 31.9. The van der Waals surface area contributed by atoms with E-state index in [9.17, 15) is 9.18 Å². The van der Waals surface area contributed by atoms with E-state index >= 15 is 0 Å². The van der Waals surface area contributed by atoms with E-state index in [2.05, 4.69) is 5.32 Å². The van der Waals surface area contributed by atoms with E-state index in [1.165, 1.54) is 6.42 Å². The summed E-state index contributed by atoms with van der Waals surface area (Å²) in [6.07, 6.45) is 7.17. The van der Waals surface area contributed by atoms with Gasteiger partial charge in [-0.05, 0) is 76.8 Å². The summed E-state index contributed by atoms with van der Waals surface area (Å²) in [4.78, 5) is 13.6. The molecule has 21 heavy (non-hydrogen) atoms. The number of hydrogen-bond acceptors (Lipinski definition) is 2. The van der Waals surface area contributed by atoms with Gasteiger partial charge in [0.1, 0.15) is 6.17 Å². The monoisotopic (exact) mass is 299 g/mol. The van der Waals surface area contributed by atoms with Gasteiger partial charge in [-0.2, -0.15) is 0 Å². The van der Waals surface area contributed by atoms with Crippen LogP contribution in [-0.4, -0.2) is 43.3 Å². The maximum atomic E-state index is 13.3. The van der Waals surface area contributed by atoms with Crippen LogP contribution in [0.25, 0.3) is 0 Å². The number of likely N-dealkylation sites (tertiary alicyclic amines) is 1. The molecule has 5 heteroatoms. The Kier molecular flexibility index (Phi) is 6.27. The van der Waals surface area contributed by atoms with Crippen LogP contribution in [0.15, 0.2) is 0 Å². The number of carbonyl (C=O) groups excluding carboxylic acids is 1. The molecule has 0 aromatic carbocycles. The van der Waals surface area contributed by atoms with E-state index in [4.69, 9.17) is 5.73 Å². The lowest BCUT2D eigenvalue weighted by molar-refractivity contribution is 0.102.